The van der Waals surface area contributed by atoms with Crippen molar-refractivity contribution in [1.82, 2.24) is 64.3 Å². The van der Waals surface area contributed by atoms with E-state index in [0.29, 0.717) is 107 Å². The molecule has 0 saturated carbocycles. The molecule has 30 nitrogen and oxygen atoms in total. The molecule has 0 radical (unpaired) electrons. The van der Waals surface area contributed by atoms with E-state index in [4.69, 9.17) is 38.8 Å². The topological polar surface area (TPSA) is 323 Å². The largest absolute Gasteiger partial charge is 1.00 e. The van der Waals surface area contributed by atoms with Crippen LogP contribution in [0.25, 0.3) is 32.7 Å². The maximum Gasteiger partial charge on any atom is 0.326 e. The standard InChI is InChI=1S/C29H33N5O5.2C29H32N4O6.2ClH/c1-30-27(35)20-5-3-19(4-6-20)16-34-24-8-7-21(39-14-11-32-9-12-38-13-10-32)15-22(24)26-23-17-33(18-25(26)34)29(37)31(2)28(23)36;2*1-31-28(35)23-16-32(29(31)36)17-25-26(23)22-14-21(39-13-10-18-8-11-38-12-9-18)6-7-24(22)33(25)15-19-2-4-20(5-3-19)27(34)30-37;;/h3-8,15,23H,9-14,16-18H2,1-2H3,(H,30,35);2*2-7,14,18,23,37H,8-13,15-17H2,1H3,(H,30,34);2*1H/p-2/t;2*23-;;/m.10../s1. The summed E-state index contributed by atoms with van der Waals surface area (Å²) in [5.74, 6) is 0.402. The van der Waals surface area contributed by atoms with Crippen molar-refractivity contribution in [2.75, 3.05) is 127 Å². The number of hydrogen-bond acceptors (Lipinski definition) is 18. The first kappa shape index (κ1) is 84.4. The van der Waals surface area contributed by atoms with Gasteiger partial charge in [-0.2, -0.15) is 0 Å². The summed E-state index contributed by atoms with van der Waals surface area (Å²) < 4.78 is 41.4. The summed E-state index contributed by atoms with van der Waals surface area (Å²) in [5, 5.41) is 23.4. The number of benzene rings is 6. The zero-order valence-corrected chi connectivity index (χ0v) is 68.4. The van der Waals surface area contributed by atoms with Crippen molar-refractivity contribution in [2.45, 2.75) is 95.5 Å². The Morgan fingerprint density at radius 1 is 0.420 bits per heavy atom. The number of aromatic nitrogens is 3. The first-order chi connectivity index (χ1) is 56.8. The number of likely N-dealkylation sites (N-methyl/N-ethyl adjacent to an activating group) is 3. The molecule has 6 fully saturated rings. The number of amides is 12. The Bertz CT molecular complexity index is 4810. The van der Waals surface area contributed by atoms with Gasteiger partial charge in [0.25, 0.3) is 17.7 Å². The van der Waals surface area contributed by atoms with Gasteiger partial charge in [0.15, 0.2) is 0 Å². The van der Waals surface area contributed by atoms with Gasteiger partial charge in [-0.3, -0.25) is 58.8 Å². The highest BCUT2D eigenvalue weighted by molar-refractivity contribution is 6.07. The minimum atomic E-state index is -0.573. The van der Waals surface area contributed by atoms with Crippen LogP contribution in [0.15, 0.2) is 127 Å². The van der Waals surface area contributed by atoms with Crippen LogP contribution in [0.3, 0.4) is 0 Å². The lowest BCUT2D eigenvalue weighted by Gasteiger charge is -2.41. The summed E-state index contributed by atoms with van der Waals surface area (Å²) in [6.45, 7) is 13.2. The predicted molar refractivity (Wildman–Crippen MR) is 428 cm³/mol. The molecule has 6 saturated heterocycles. The highest BCUT2D eigenvalue weighted by Crippen LogP contribution is 2.46. The summed E-state index contributed by atoms with van der Waals surface area (Å²) in [5.41, 5.74) is 16.2. The van der Waals surface area contributed by atoms with Crippen LogP contribution in [0.2, 0.25) is 0 Å². The summed E-state index contributed by atoms with van der Waals surface area (Å²) in [4.78, 5) is 125. The minimum absolute atomic E-state index is 0. The summed E-state index contributed by atoms with van der Waals surface area (Å²) >= 11 is 0. The average molecular weight is 1670 g/mol. The Balaban J connectivity index is 0.000000145. The van der Waals surface area contributed by atoms with Gasteiger partial charge in [0, 0.05) is 180 Å². The molecule has 5 N–H and O–H groups in total. The maximum atomic E-state index is 13.3. The number of urea groups is 3. The van der Waals surface area contributed by atoms with Gasteiger partial charge in [-0.1, -0.05) is 36.4 Å². The third-order valence-electron chi connectivity index (χ3n) is 24.5. The second kappa shape index (κ2) is 36.6. The number of hydroxylamine groups is 2. The van der Waals surface area contributed by atoms with Crippen molar-refractivity contribution >= 4 is 86.2 Å². The molecule has 32 heteroatoms. The molecule has 0 aliphatic carbocycles. The first-order valence-corrected chi connectivity index (χ1v) is 40.2. The van der Waals surface area contributed by atoms with E-state index in [0.717, 1.165) is 198 Å². The Hall–Kier alpha value is -11.1. The van der Waals surface area contributed by atoms with Crippen LogP contribution in [0.5, 0.6) is 17.2 Å². The van der Waals surface area contributed by atoms with Crippen molar-refractivity contribution < 1.29 is 107 Å². The van der Waals surface area contributed by atoms with Crippen LogP contribution in [0, 0.1) is 11.8 Å². The summed E-state index contributed by atoms with van der Waals surface area (Å²) in [7, 11) is 6.26. The van der Waals surface area contributed by atoms with E-state index in [2.05, 4.69) is 23.9 Å². The number of nitrogens with zero attached hydrogens (tertiary/aromatic N) is 10. The van der Waals surface area contributed by atoms with Crippen molar-refractivity contribution in [2.24, 2.45) is 11.8 Å². The zero-order valence-electron chi connectivity index (χ0n) is 66.8. The van der Waals surface area contributed by atoms with Gasteiger partial charge >= 0.3 is 18.1 Å². The number of halogens is 2. The highest BCUT2D eigenvalue weighted by Gasteiger charge is 2.48. The molecule has 6 aromatic carbocycles. The molecule has 3 aromatic heterocycles. The summed E-state index contributed by atoms with van der Waals surface area (Å²) in [6.07, 6.45) is 6.23. The molecule has 6 bridgehead atoms. The van der Waals surface area contributed by atoms with Gasteiger partial charge in [-0.15, -0.1) is 0 Å². The first-order valence-electron chi connectivity index (χ1n) is 40.2. The number of morpholine rings is 1. The van der Waals surface area contributed by atoms with Crippen molar-refractivity contribution in [1.29, 1.82) is 0 Å². The fourth-order valence-electron chi connectivity index (χ4n) is 18.0. The number of fused-ring (bicyclic) bond motifs is 18. The third kappa shape index (κ3) is 17.2. The fraction of sp³-hybridized carbons (Fsp3) is 0.414. The Morgan fingerprint density at radius 2 is 0.731 bits per heavy atom. The van der Waals surface area contributed by atoms with Crippen molar-refractivity contribution in [3.05, 3.63) is 195 Å². The minimum Gasteiger partial charge on any atom is -1.00 e. The SMILES string of the molecule is CN1C(=O)[C@@H]2CN(Cc3c2c2cc(OCCC4CCOCC4)ccc2n3Cc2ccc(C(=O)NO)cc2)C1=O.CN1C(=O)[C@H]2CN(Cc3c2c2cc(OCCC4CCOCC4)ccc2n3Cc2ccc(C(=O)NO)cc2)C1=O.CNC(=O)c1ccc(Cn2c3c(c4cc(OCCN5CCOCC5)ccc42)C2CN(C3)C(=O)N(C)C2=O)cc1.[Cl-].[Cl-]. The molecule has 12 heterocycles. The van der Waals surface area contributed by atoms with E-state index in [1.165, 1.54) is 14.7 Å². The molecule has 9 aliphatic rings. The van der Waals surface area contributed by atoms with Crippen LogP contribution in [-0.4, -0.2) is 239 Å². The van der Waals surface area contributed by atoms with Gasteiger partial charge < -0.3 is 87.0 Å². The lowest BCUT2D eigenvalue weighted by Crippen LogP contribution is -3.00. The monoisotopic (exact) mass is 1670 g/mol. The Morgan fingerprint density at radius 3 is 1.05 bits per heavy atom. The van der Waals surface area contributed by atoms with E-state index in [9.17, 15) is 43.2 Å². The zero-order chi connectivity index (χ0) is 81.3. The average Bonchev–Trinajstić information content (AvgIpc) is 1.59. The third-order valence-corrected chi connectivity index (χ3v) is 24.5. The van der Waals surface area contributed by atoms with E-state index < -0.39 is 29.6 Å². The van der Waals surface area contributed by atoms with E-state index in [-0.39, 0.29) is 66.5 Å². The Labute approximate surface area is 699 Å². The van der Waals surface area contributed by atoms with Gasteiger partial charge in [-0.05, 0) is 175 Å². The van der Waals surface area contributed by atoms with Crippen LogP contribution in [0.1, 0.15) is 138 Å². The van der Waals surface area contributed by atoms with Crippen LogP contribution in [0.4, 0.5) is 14.4 Å². The van der Waals surface area contributed by atoms with Crippen molar-refractivity contribution in [3.63, 3.8) is 0 Å². The number of ether oxygens (including phenoxy) is 6. The fourth-order valence-corrected chi connectivity index (χ4v) is 18.0. The van der Waals surface area contributed by atoms with Gasteiger partial charge in [0.05, 0.1) is 63.8 Å². The highest BCUT2D eigenvalue weighted by atomic mass is 35.5. The summed E-state index contributed by atoms with van der Waals surface area (Å²) in [6, 6.07) is 38.8. The molecule has 9 aromatic rings. The molecule has 3 atom stereocenters. The smallest absolute Gasteiger partial charge is 0.326 e. The van der Waals surface area contributed by atoms with Gasteiger partial charge in [-0.25, -0.2) is 25.3 Å². The number of carbonyl (C=O) groups excluding carboxylic acids is 9. The quantitative estimate of drug-likeness (QED) is 0.0509. The Kier molecular flexibility index (Phi) is 26.0. The van der Waals surface area contributed by atoms with Crippen molar-refractivity contribution in [3.8, 4) is 17.2 Å². The molecule has 1 unspecified atom stereocenters. The number of imide groups is 3. The molecule has 9 aliphatic heterocycles. The number of carbonyl (C=O) groups is 9. The molecular weight excluding hydrogens is 1570 g/mol. The molecular formula is C87H97Cl2N13O17-2. The number of rotatable bonds is 21. The number of hydrogen-bond donors (Lipinski definition) is 5. The van der Waals surface area contributed by atoms with Crippen LogP contribution < -0.4 is 55.3 Å². The van der Waals surface area contributed by atoms with Crippen LogP contribution >= 0.6 is 0 Å². The normalized spacial score (nSPS) is 19.1. The molecule has 0 spiro atoms. The molecule has 628 valence electrons. The molecule has 18 rings (SSSR count). The number of nitrogens with one attached hydrogen (secondary N) is 3. The van der Waals surface area contributed by atoms with E-state index >= 15 is 0 Å². The maximum absolute atomic E-state index is 13.3. The van der Waals surface area contributed by atoms with Gasteiger partial charge in [0.2, 0.25) is 17.7 Å². The van der Waals surface area contributed by atoms with Crippen LogP contribution in [-0.2, 0) is 67.9 Å². The second-order valence-electron chi connectivity index (χ2n) is 31.5. The lowest BCUT2D eigenvalue weighted by atomic mass is 9.89. The lowest BCUT2D eigenvalue weighted by molar-refractivity contribution is -0.133. The molecule has 119 heavy (non-hydrogen) atoms. The molecule has 12 amide bonds. The van der Waals surface area contributed by atoms with E-state index in [1.54, 1.807) is 78.1 Å². The predicted octanol–water partition coefficient (Wildman–Crippen LogP) is 3.25. The second-order valence-corrected chi connectivity index (χ2v) is 31.5. The van der Waals surface area contributed by atoms with E-state index in [1.807, 2.05) is 103 Å². The van der Waals surface area contributed by atoms with Gasteiger partial charge in [0.1, 0.15) is 23.9 Å².